The summed E-state index contributed by atoms with van der Waals surface area (Å²) in [5.74, 6) is 0.705. The molecule has 0 radical (unpaired) electrons. The Morgan fingerprint density at radius 3 is 2.71 bits per heavy atom. The molecular weight excluding hydrogens is 372 g/mol. The van der Waals surface area contributed by atoms with E-state index < -0.39 is 0 Å². The SMILES string of the molecule is O=C(Nc1ccccc1C(=O)NCC1COc2ccccc2C1)c1ccsc1. The number of fused-ring (bicyclic) bond motifs is 1. The van der Waals surface area contributed by atoms with Crippen LogP contribution in [0.4, 0.5) is 5.69 Å². The van der Waals surface area contributed by atoms with Gasteiger partial charge >= 0.3 is 0 Å². The number of ether oxygens (including phenoxy) is 1. The fourth-order valence-electron chi connectivity index (χ4n) is 3.23. The standard InChI is InChI=1S/C22H20N2O3S/c25-21(17-9-10-28-14-17)24-19-7-3-2-6-18(19)22(26)23-12-15-11-16-5-1-4-8-20(16)27-13-15/h1-10,14-15H,11-13H2,(H,23,26)(H,24,25). The van der Waals surface area contributed by atoms with Crippen molar-refractivity contribution >= 4 is 28.8 Å². The number of carbonyl (C=O) groups is 2. The Morgan fingerprint density at radius 2 is 1.86 bits per heavy atom. The van der Waals surface area contributed by atoms with Crippen molar-refractivity contribution in [3.05, 3.63) is 82.0 Å². The van der Waals surface area contributed by atoms with E-state index in [0.29, 0.717) is 30.0 Å². The van der Waals surface area contributed by atoms with E-state index in [-0.39, 0.29) is 17.7 Å². The summed E-state index contributed by atoms with van der Waals surface area (Å²) >= 11 is 1.46. The summed E-state index contributed by atoms with van der Waals surface area (Å²) < 4.78 is 5.78. The molecule has 0 spiro atoms. The molecule has 1 aromatic heterocycles. The lowest BCUT2D eigenvalue weighted by Gasteiger charge is -2.25. The van der Waals surface area contributed by atoms with Gasteiger partial charge in [-0.25, -0.2) is 0 Å². The quantitative estimate of drug-likeness (QED) is 0.690. The van der Waals surface area contributed by atoms with Crippen molar-refractivity contribution in [1.82, 2.24) is 5.32 Å². The summed E-state index contributed by atoms with van der Waals surface area (Å²) in [5, 5.41) is 9.43. The van der Waals surface area contributed by atoms with Gasteiger partial charge in [-0.2, -0.15) is 11.3 Å². The Bertz CT molecular complexity index is 985. The minimum absolute atomic E-state index is 0.208. The van der Waals surface area contributed by atoms with Gasteiger partial charge in [0.2, 0.25) is 0 Å². The number of nitrogens with one attached hydrogen (secondary N) is 2. The van der Waals surface area contributed by atoms with E-state index in [9.17, 15) is 9.59 Å². The van der Waals surface area contributed by atoms with E-state index in [0.717, 1.165) is 17.7 Å². The highest BCUT2D eigenvalue weighted by Gasteiger charge is 2.21. The van der Waals surface area contributed by atoms with Crippen LogP contribution in [0.15, 0.2) is 65.4 Å². The minimum atomic E-state index is -0.223. The lowest BCUT2D eigenvalue weighted by molar-refractivity contribution is 0.0940. The first kappa shape index (κ1) is 18.3. The molecule has 1 aliphatic heterocycles. The van der Waals surface area contributed by atoms with Crippen molar-refractivity contribution in [1.29, 1.82) is 0 Å². The number of para-hydroxylation sites is 2. The predicted molar refractivity (Wildman–Crippen MR) is 110 cm³/mol. The van der Waals surface area contributed by atoms with Crippen LogP contribution in [0.2, 0.25) is 0 Å². The van der Waals surface area contributed by atoms with E-state index >= 15 is 0 Å². The number of carbonyl (C=O) groups excluding carboxylic acids is 2. The molecule has 5 nitrogen and oxygen atoms in total. The average Bonchev–Trinajstić information content (AvgIpc) is 3.27. The second-order valence-corrected chi connectivity index (χ2v) is 7.49. The smallest absolute Gasteiger partial charge is 0.256 e. The van der Waals surface area contributed by atoms with Gasteiger partial charge in [0.1, 0.15) is 5.75 Å². The van der Waals surface area contributed by atoms with Crippen LogP contribution in [0.5, 0.6) is 5.75 Å². The van der Waals surface area contributed by atoms with Crippen molar-refractivity contribution < 1.29 is 14.3 Å². The molecule has 3 aromatic rings. The molecule has 2 amide bonds. The predicted octanol–water partition coefficient (Wildman–Crippen LogP) is 3.98. The van der Waals surface area contributed by atoms with E-state index in [2.05, 4.69) is 16.7 Å². The van der Waals surface area contributed by atoms with E-state index in [1.54, 1.807) is 35.7 Å². The summed E-state index contributed by atoms with van der Waals surface area (Å²) in [6, 6.07) is 16.8. The molecule has 2 N–H and O–H groups in total. The molecule has 0 bridgehead atoms. The molecule has 0 saturated heterocycles. The zero-order chi connectivity index (χ0) is 19.3. The molecule has 6 heteroatoms. The summed E-state index contributed by atoms with van der Waals surface area (Å²) in [4.78, 5) is 25.0. The molecule has 142 valence electrons. The van der Waals surface area contributed by atoms with Crippen molar-refractivity contribution in [2.45, 2.75) is 6.42 Å². The average molecular weight is 392 g/mol. The summed E-state index contributed by atoms with van der Waals surface area (Å²) in [6.07, 6.45) is 0.868. The largest absolute Gasteiger partial charge is 0.493 e. The van der Waals surface area contributed by atoms with Crippen molar-refractivity contribution in [3.8, 4) is 5.75 Å². The molecule has 4 rings (SSSR count). The Morgan fingerprint density at radius 1 is 1.04 bits per heavy atom. The summed E-state index contributed by atoms with van der Waals surface area (Å²) in [7, 11) is 0. The number of amides is 2. The molecule has 0 saturated carbocycles. The number of anilines is 1. The van der Waals surface area contributed by atoms with Gasteiger partial charge in [-0.15, -0.1) is 0 Å². The monoisotopic (exact) mass is 392 g/mol. The molecule has 0 fully saturated rings. The molecule has 1 atom stereocenters. The zero-order valence-corrected chi connectivity index (χ0v) is 16.0. The van der Waals surface area contributed by atoms with Gasteiger partial charge in [-0.05, 0) is 41.6 Å². The molecule has 28 heavy (non-hydrogen) atoms. The third-order valence-electron chi connectivity index (χ3n) is 4.71. The normalized spacial score (nSPS) is 15.2. The third-order valence-corrected chi connectivity index (χ3v) is 5.39. The first-order chi connectivity index (χ1) is 13.7. The first-order valence-corrected chi connectivity index (χ1v) is 10.1. The lowest BCUT2D eigenvalue weighted by Crippen LogP contribution is -2.35. The van der Waals surface area contributed by atoms with Crippen LogP contribution >= 0.6 is 11.3 Å². The van der Waals surface area contributed by atoms with Crippen LogP contribution in [0, 0.1) is 5.92 Å². The second-order valence-electron chi connectivity index (χ2n) is 6.71. The van der Waals surface area contributed by atoms with Crippen LogP contribution in [0.25, 0.3) is 0 Å². The fourth-order valence-corrected chi connectivity index (χ4v) is 3.87. The van der Waals surface area contributed by atoms with Crippen LogP contribution < -0.4 is 15.4 Å². The molecule has 2 aromatic carbocycles. The fraction of sp³-hybridized carbons (Fsp3) is 0.182. The number of benzene rings is 2. The third kappa shape index (κ3) is 4.07. The summed E-state index contributed by atoms with van der Waals surface area (Å²) in [5.41, 5.74) is 2.69. The van der Waals surface area contributed by atoms with Crippen LogP contribution in [-0.4, -0.2) is 25.0 Å². The Kier molecular flexibility index (Phi) is 5.39. The minimum Gasteiger partial charge on any atom is -0.493 e. The van der Waals surface area contributed by atoms with E-state index in [4.69, 9.17) is 4.74 Å². The number of thiophene rings is 1. The number of hydrogen-bond donors (Lipinski definition) is 2. The number of rotatable bonds is 5. The Balaban J connectivity index is 1.39. The van der Waals surface area contributed by atoms with Crippen molar-refractivity contribution in [3.63, 3.8) is 0 Å². The lowest BCUT2D eigenvalue weighted by atomic mass is 9.96. The van der Waals surface area contributed by atoms with Crippen LogP contribution in [0.1, 0.15) is 26.3 Å². The molecule has 2 heterocycles. The maximum atomic E-state index is 12.7. The van der Waals surface area contributed by atoms with Crippen LogP contribution in [0.3, 0.4) is 0 Å². The molecule has 1 aliphatic rings. The molecule has 1 unspecified atom stereocenters. The van der Waals surface area contributed by atoms with E-state index in [1.807, 2.05) is 23.6 Å². The van der Waals surface area contributed by atoms with E-state index in [1.165, 1.54) is 11.3 Å². The van der Waals surface area contributed by atoms with Gasteiger partial charge in [-0.1, -0.05) is 30.3 Å². The van der Waals surface area contributed by atoms with Gasteiger partial charge in [0.05, 0.1) is 23.4 Å². The van der Waals surface area contributed by atoms with Gasteiger partial charge in [-0.3, -0.25) is 9.59 Å². The van der Waals surface area contributed by atoms with Crippen LogP contribution in [-0.2, 0) is 6.42 Å². The Labute approximate surface area is 167 Å². The first-order valence-electron chi connectivity index (χ1n) is 9.12. The molecule has 0 aliphatic carbocycles. The van der Waals surface area contributed by atoms with Gasteiger partial charge in [0.15, 0.2) is 0 Å². The van der Waals surface area contributed by atoms with Crippen molar-refractivity contribution in [2.75, 3.05) is 18.5 Å². The maximum Gasteiger partial charge on any atom is 0.256 e. The summed E-state index contributed by atoms with van der Waals surface area (Å²) in [6.45, 7) is 1.09. The molecular formula is C22H20N2O3S. The van der Waals surface area contributed by atoms with Gasteiger partial charge in [0.25, 0.3) is 11.8 Å². The van der Waals surface area contributed by atoms with Gasteiger partial charge in [0, 0.05) is 17.8 Å². The van der Waals surface area contributed by atoms with Gasteiger partial charge < -0.3 is 15.4 Å². The van der Waals surface area contributed by atoms with Crippen molar-refractivity contribution in [2.24, 2.45) is 5.92 Å². The number of hydrogen-bond acceptors (Lipinski definition) is 4. The highest BCUT2D eigenvalue weighted by Crippen LogP contribution is 2.26. The highest BCUT2D eigenvalue weighted by molar-refractivity contribution is 7.08. The maximum absolute atomic E-state index is 12.7. The Hall–Kier alpha value is -3.12. The second kappa shape index (κ2) is 8.27. The zero-order valence-electron chi connectivity index (χ0n) is 15.2. The topological polar surface area (TPSA) is 67.4 Å². The highest BCUT2D eigenvalue weighted by atomic mass is 32.1.